The summed E-state index contributed by atoms with van der Waals surface area (Å²) in [5, 5.41) is 11.5. The van der Waals surface area contributed by atoms with Crippen LogP contribution in [0.1, 0.15) is 38.5 Å². The molecule has 20 heavy (non-hydrogen) atoms. The Kier molecular flexibility index (Phi) is 5.94. The fourth-order valence-corrected chi connectivity index (χ4v) is 2.18. The molecule has 0 heterocycles. The highest BCUT2D eigenvalue weighted by Gasteiger charge is 2.39. The normalized spacial score (nSPS) is 17.7. The van der Waals surface area contributed by atoms with Crippen molar-refractivity contribution in [1.29, 1.82) is 0 Å². The molecule has 0 bridgehead atoms. The molecule has 0 aliphatic heterocycles. The van der Waals surface area contributed by atoms with Gasteiger partial charge in [-0.3, -0.25) is 9.59 Å². The Labute approximate surface area is 117 Å². The minimum atomic E-state index is -1.16. The third kappa shape index (κ3) is 4.48. The minimum absolute atomic E-state index is 0.00767. The molecule has 1 aliphatic carbocycles. The zero-order valence-electron chi connectivity index (χ0n) is 11.8. The Morgan fingerprint density at radius 2 is 1.95 bits per heavy atom. The van der Waals surface area contributed by atoms with E-state index in [-0.39, 0.29) is 25.2 Å². The van der Waals surface area contributed by atoms with E-state index in [1.165, 1.54) is 7.11 Å². The number of methoxy groups -OCH3 is 2. The fourth-order valence-electron chi connectivity index (χ4n) is 2.18. The number of carboxylic acid groups (broad SMARTS) is 1. The zero-order chi connectivity index (χ0) is 15.2. The fraction of sp³-hybridized carbons (Fsp3) is 0.769. The highest BCUT2D eigenvalue weighted by molar-refractivity contribution is 5.84. The molecule has 0 aromatic heterocycles. The van der Waals surface area contributed by atoms with Gasteiger partial charge in [0.1, 0.15) is 6.04 Å². The quantitative estimate of drug-likeness (QED) is 0.629. The molecule has 0 unspecified atom stereocenters. The lowest BCUT2D eigenvalue weighted by Crippen LogP contribution is -2.47. The average molecular weight is 287 g/mol. The largest absolute Gasteiger partial charge is 0.480 e. The molecule has 1 atom stereocenters. The van der Waals surface area contributed by atoms with Crippen LogP contribution in [0.3, 0.4) is 0 Å². The second-order valence-electron chi connectivity index (χ2n) is 4.99. The van der Waals surface area contributed by atoms with Gasteiger partial charge in [0.05, 0.1) is 19.1 Å². The molecule has 0 aromatic carbocycles. The van der Waals surface area contributed by atoms with Crippen LogP contribution in [0.25, 0.3) is 0 Å². The van der Waals surface area contributed by atoms with Crippen LogP contribution in [0.15, 0.2) is 0 Å². The topological polar surface area (TPSA) is 102 Å². The van der Waals surface area contributed by atoms with Crippen molar-refractivity contribution in [2.75, 3.05) is 14.2 Å². The van der Waals surface area contributed by atoms with E-state index in [0.29, 0.717) is 0 Å². The van der Waals surface area contributed by atoms with Gasteiger partial charge >= 0.3 is 11.9 Å². The summed E-state index contributed by atoms with van der Waals surface area (Å²) in [6, 6.07) is -1.09. The number of esters is 1. The SMILES string of the molecule is COC(=O)CC[C@@H](NC(=O)CC1(OC)CCC1)C(=O)O. The maximum absolute atomic E-state index is 11.9. The van der Waals surface area contributed by atoms with Crippen LogP contribution >= 0.6 is 0 Å². The highest BCUT2D eigenvalue weighted by atomic mass is 16.5. The summed E-state index contributed by atoms with van der Waals surface area (Å²) in [7, 11) is 2.79. The van der Waals surface area contributed by atoms with Crippen LogP contribution in [0, 0.1) is 0 Å². The second kappa shape index (κ2) is 7.23. The molecule has 114 valence electrons. The van der Waals surface area contributed by atoms with E-state index >= 15 is 0 Å². The van der Waals surface area contributed by atoms with Crippen LogP contribution in [-0.2, 0) is 23.9 Å². The molecular formula is C13H21NO6. The average Bonchev–Trinajstić information content (AvgIpc) is 2.37. The first-order chi connectivity index (χ1) is 9.42. The molecule has 7 heteroatoms. The monoisotopic (exact) mass is 287 g/mol. The van der Waals surface area contributed by atoms with Gasteiger partial charge in [0, 0.05) is 13.5 Å². The maximum atomic E-state index is 11.9. The predicted molar refractivity (Wildman–Crippen MR) is 69.0 cm³/mol. The van der Waals surface area contributed by atoms with Gasteiger partial charge in [-0.25, -0.2) is 4.79 Å². The van der Waals surface area contributed by atoms with Gasteiger partial charge in [-0.1, -0.05) is 0 Å². The summed E-state index contributed by atoms with van der Waals surface area (Å²) in [6.07, 6.45) is 2.71. The third-order valence-corrected chi connectivity index (χ3v) is 3.68. The zero-order valence-corrected chi connectivity index (χ0v) is 11.8. The lowest BCUT2D eigenvalue weighted by Gasteiger charge is -2.40. The highest BCUT2D eigenvalue weighted by Crippen LogP contribution is 2.37. The van der Waals surface area contributed by atoms with E-state index < -0.39 is 23.6 Å². The predicted octanol–water partition coefficient (Wildman–Crippen LogP) is 0.468. The van der Waals surface area contributed by atoms with Gasteiger partial charge in [0.15, 0.2) is 0 Å². The Morgan fingerprint density at radius 1 is 1.30 bits per heavy atom. The lowest BCUT2D eigenvalue weighted by atomic mass is 9.77. The van der Waals surface area contributed by atoms with E-state index in [0.717, 1.165) is 19.3 Å². The molecule has 0 spiro atoms. The molecule has 1 aliphatic rings. The summed E-state index contributed by atoms with van der Waals surface area (Å²) in [4.78, 5) is 33.9. The Balaban J connectivity index is 2.46. The van der Waals surface area contributed by atoms with Crippen molar-refractivity contribution < 1.29 is 29.0 Å². The summed E-state index contributed by atoms with van der Waals surface area (Å²) >= 11 is 0. The summed E-state index contributed by atoms with van der Waals surface area (Å²) in [5.41, 5.74) is -0.449. The van der Waals surface area contributed by atoms with Crippen LogP contribution in [-0.4, -0.2) is 48.8 Å². The number of hydrogen-bond acceptors (Lipinski definition) is 5. The number of carboxylic acids is 1. The molecule has 1 amide bonds. The van der Waals surface area contributed by atoms with Gasteiger partial charge in [0.2, 0.25) is 5.91 Å². The molecule has 7 nitrogen and oxygen atoms in total. The lowest BCUT2D eigenvalue weighted by molar-refractivity contribution is -0.146. The van der Waals surface area contributed by atoms with Crippen molar-refractivity contribution in [2.24, 2.45) is 0 Å². The van der Waals surface area contributed by atoms with E-state index in [4.69, 9.17) is 9.84 Å². The molecule has 0 aromatic rings. The van der Waals surface area contributed by atoms with Crippen molar-refractivity contribution in [2.45, 2.75) is 50.2 Å². The van der Waals surface area contributed by atoms with Crippen molar-refractivity contribution in [3.8, 4) is 0 Å². The van der Waals surface area contributed by atoms with E-state index in [1.807, 2.05) is 0 Å². The first kappa shape index (κ1) is 16.4. The number of rotatable bonds is 8. The molecule has 1 fully saturated rings. The van der Waals surface area contributed by atoms with Crippen molar-refractivity contribution in [1.82, 2.24) is 5.32 Å². The summed E-state index contributed by atoms with van der Waals surface area (Å²) in [6.45, 7) is 0. The van der Waals surface area contributed by atoms with Gasteiger partial charge < -0.3 is 19.9 Å². The molecule has 0 saturated heterocycles. The number of carbonyl (C=O) groups is 3. The Morgan fingerprint density at radius 3 is 2.35 bits per heavy atom. The van der Waals surface area contributed by atoms with E-state index in [1.54, 1.807) is 7.11 Å². The molecular weight excluding hydrogens is 266 g/mol. The molecule has 2 N–H and O–H groups in total. The van der Waals surface area contributed by atoms with Gasteiger partial charge in [-0.2, -0.15) is 0 Å². The first-order valence-electron chi connectivity index (χ1n) is 6.56. The summed E-state index contributed by atoms with van der Waals surface area (Å²) < 4.78 is 9.76. The van der Waals surface area contributed by atoms with Crippen LogP contribution in [0.4, 0.5) is 0 Å². The van der Waals surface area contributed by atoms with E-state index in [2.05, 4.69) is 10.1 Å². The number of amides is 1. The molecule has 1 saturated carbocycles. The van der Waals surface area contributed by atoms with Gasteiger partial charge in [0.25, 0.3) is 0 Å². The minimum Gasteiger partial charge on any atom is -0.480 e. The van der Waals surface area contributed by atoms with E-state index in [9.17, 15) is 14.4 Å². The smallest absolute Gasteiger partial charge is 0.326 e. The van der Waals surface area contributed by atoms with Crippen molar-refractivity contribution in [3.05, 3.63) is 0 Å². The molecule has 0 radical (unpaired) electrons. The number of aliphatic carboxylic acids is 1. The van der Waals surface area contributed by atoms with Crippen LogP contribution in [0.2, 0.25) is 0 Å². The second-order valence-corrected chi connectivity index (χ2v) is 4.99. The Bertz CT molecular complexity index is 372. The van der Waals surface area contributed by atoms with Crippen LogP contribution < -0.4 is 5.32 Å². The standard InChI is InChI=1S/C13H21NO6/c1-19-11(16)5-4-9(12(17)18)14-10(15)8-13(20-2)6-3-7-13/h9H,3-8H2,1-2H3,(H,14,15)(H,17,18)/t9-/m1/s1. The summed E-state index contributed by atoms with van der Waals surface area (Å²) in [5.74, 6) is -2.04. The van der Waals surface area contributed by atoms with Gasteiger partial charge in [-0.15, -0.1) is 0 Å². The van der Waals surface area contributed by atoms with Gasteiger partial charge in [-0.05, 0) is 25.7 Å². The number of nitrogens with one attached hydrogen (secondary N) is 1. The number of ether oxygens (including phenoxy) is 2. The molecule has 1 rings (SSSR count). The number of carbonyl (C=O) groups excluding carboxylic acids is 2. The van der Waals surface area contributed by atoms with Crippen molar-refractivity contribution in [3.63, 3.8) is 0 Å². The number of hydrogen-bond donors (Lipinski definition) is 2. The van der Waals surface area contributed by atoms with Crippen molar-refractivity contribution >= 4 is 17.8 Å². The third-order valence-electron chi connectivity index (χ3n) is 3.68. The maximum Gasteiger partial charge on any atom is 0.326 e. The Hall–Kier alpha value is -1.63. The first-order valence-corrected chi connectivity index (χ1v) is 6.56. The van der Waals surface area contributed by atoms with Crippen LogP contribution in [0.5, 0.6) is 0 Å².